The smallest absolute Gasteiger partial charge is 0.0540 e. The molecule has 0 saturated heterocycles. The third kappa shape index (κ3) is 8.84. The lowest BCUT2D eigenvalue weighted by Crippen LogP contribution is -2.14. The molecule has 0 radical (unpaired) electrons. The van der Waals surface area contributed by atoms with Crippen molar-refractivity contribution in [2.24, 2.45) is 0 Å². The first-order chi connectivity index (χ1) is 39.3. The molecule has 0 saturated carbocycles. The molecule has 80 heavy (non-hydrogen) atoms. The molecule has 14 aromatic rings. The van der Waals surface area contributed by atoms with E-state index in [1.165, 1.54) is 130 Å². The minimum absolute atomic E-state index is 1.13. The van der Waals surface area contributed by atoms with Gasteiger partial charge in [-0.05, 0) is 192 Å². The van der Waals surface area contributed by atoms with Crippen LogP contribution in [-0.4, -0.2) is 0 Å². The van der Waals surface area contributed by atoms with Gasteiger partial charge in [0.25, 0.3) is 0 Å². The molecule has 0 N–H and O–H groups in total. The van der Waals surface area contributed by atoms with E-state index in [9.17, 15) is 0 Å². The van der Waals surface area contributed by atoms with E-state index in [0.717, 1.165) is 22.7 Å². The van der Waals surface area contributed by atoms with Gasteiger partial charge in [-0.25, -0.2) is 0 Å². The van der Waals surface area contributed by atoms with E-state index in [1.54, 1.807) is 0 Å². The van der Waals surface area contributed by atoms with Crippen LogP contribution in [0, 0.1) is 27.7 Å². The van der Waals surface area contributed by atoms with E-state index in [1.807, 2.05) is 22.7 Å². The highest BCUT2D eigenvalue weighted by Gasteiger charge is 2.25. The molecule has 0 bridgehead atoms. The monoisotopic (exact) mass is 1060 g/mol. The Morgan fingerprint density at radius 3 is 0.900 bits per heavy atom. The summed E-state index contributed by atoms with van der Waals surface area (Å²) in [6.45, 7) is 9.16. The molecule has 0 spiro atoms. The maximum absolute atomic E-state index is 2.51. The third-order valence-electron chi connectivity index (χ3n) is 15.9. The number of benzene rings is 12. The van der Waals surface area contributed by atoms with Gasteiger partial charge in [-0.15, -0.1) is 22.7 Å². The molecule has 0 fully saturated rings. The van der Waals surface area contributed by atoms with E-state index >= 15 is 0 Å². The highest BCUT2D eigenvalue weighted by Crippen LogP contribution is 2.50. The summed E-state index contributed by atoms with van der Waals surface area (Å²) in [5, 5.41) is 5.09. The van der Waals surface area contributed by atoms with E-state index in [-0.39, 0.29) is 0 Å². The van der Waals surface area contributed by atoms with Crippen LogP contribution in [0.2, 0.25) is 0 Å². The second-order valence-corrected chi connectivity index (χ2v) is 23.2. The molecule has 382 valence electrons. The van der Waals surface area contributed by atoms with E-state index < -0.39 is 0 Å². The maximum atomic E-state index is 2.51. The number of fused-ring (bicyclic) bond motifs is 6. The number of aryl methyl sites for hydroxylation is 4. The topological polar surface area (TPSA) is 6.48 Å². The van der Waals surface area contributed by atoms with Crippen molar-refractivity contribution in [1.82, 2.24) is 0 Å². The van der Waals surface area contributed by atoms with Crippen LogP contribution in [0.1, 0.15) is 22.3 Å². The van der Waals surface area contributed by atoms with Crippen LogP contribution in [0.4, 0.5) is 34.1 Å². The number of thiophene rings is 2. The van der Waals surface area contributed by atoms with Crippen LogP contribution in [0.25, 0.3) is 96.0 Å². The second-order valence-electron chi connectivity index (χ2n) is 21.1. The number of anilines is 6. The SMILES string of the molecule is Cc1cc(-c2cc(C)c(N(c3ccc4sc5ccc(-c6ccccc6)cc5c4c3)c3ccccc3-c3ccccc3)c(C)c2)cc(C)c1N(c1ccc2sc3ccc(-c4ccccc4)cc3c2c1)c1ccccc1-c1ccccc1. The molecule has 0 aliphatic carbocycles. The summed E-state index contributed by atoms with van der Waals surface area (Å²) >= 11 is 3.73. The standard InChI is InChI=1S/C76H56N2S2/c1-49-41-59(42-50(2)75(49)77(69-31-19-17-29-63(69)55-25-13-7-14-26-55)61-35-39-73-67(47-61)65-45-57(33-37-71(65)79-73)53-21-9-5-10-22-53)60-43-51(3)76(52(4)44-60)78(70-32-20-18-30-64(70)56-27-15-8-16-28-56)62-36-40-74-68(48-62)66-46-58(34-38-72(66)80-74)54-23-11-6-12-24-54/h5-48H,1-4H3. The molecule has 0 atom stereocenters. The molecule has 4 heteroatoms. The zero-order chi connectivity index (χ0) is 53.8. The summed E-state index contributed by atoms with van der Waals surface area (Å²) in [7, 11) is 0. The fraction of sp³-hybridized carbons (Fsp3) is 0.0526. The molecule has 0 aliphatic rings. The largest absolute Gasteiger partial charge is 0.309 e. The molecule has 0 amide bonds. The van der Waals surface area contributed by atoms with Crippen LogP contribution >= 0.6 is 22.7 Å². The fourth-order valence-corrected chi connectivity index (χ4v) is 14.4. The van der Waals surface area contributed by atoms with Crippen molar-refractivity contribution >= 4 is 97.1 Å². The molecular formula is C76H56N2S2. The molecule has 2 nitrogen and oxygen atoms in total. The van der Waals surface area contributed by atoms with Crippen molar-refractivity contribution in [1.29, 1.82) is 0 Å². The van der Waals surface area contributed by atoms with E-state index in [4.69, 9.17) is 0 Å². The highest BCUT2D eigenvalue weighted by atomic mass is 32.1. The first-order valence-electron chi connectivity index (χ1n) is 27.5. The average Bonchev–Trinajstić information content (AvgIpc) is 4.10. The van der Waals surface area contributed by atoms with E-state index in [2.05, 4.69) is 304 Å². The number of hydrogen-bond donors (Lipinski definition) is 0. The Labute approximate surface area is 476 Å². The van der Waals surface area contributed by atoms with Gasteiger partial charge in [-0.1, -0.05) is 170 Å². The lowest BCUT2D eigenvalue weighted by Gasteiger charge is -2.32. The van der Waals surface area contributed by atoms with Crippen molar-refractivity contribution < 1.29 is 0 Å². The normalized spacial score (nSPS) is 11.5. The predicted octanol–water partition coefficient (Wildman–Crippen LogP) is 22.9. The molecule has 14 rings (SSSR count). The first-order valence-corrected chi connectivity index (χ1v) is 29.1. The summed E-state index contributed by atoms with van der Waals surface area (Å²) in [5.41, 5.74) is 23.7. The number of rotatable bonds is 11. The zero-order valence-electron chi connectivity index (χ0n) is 45.1. The molecule has 0 aliphatic heterocycles. The fourth-order valence-electron chi connectivity index (χ4n) is 12.2. The van der Waals surface area contributed by atoms with Crippen molar-refractivity contribution in [2.45, 2.75) is 27.7 Å². The quantitative estimate of drug-likeness (QED) is 0.127. The first kappa shape index (κ1) is 49.0. The molecule has 2 aromatic heterocycles. The third-order valence-corrected chi connectivity index (χ3v) is 18.2. The molecular weight excluding hydrogens is 1000 g/mol. The minimum atomic E-state index is 1.13. The van der Waals surface area contributed by atoms with Gasteiger partial charge in [0.15, 0.2) is 0 Å². The Morgan fingerprint density at radius 2 is 0.537 bits per heavy atom. The number of para-hydroxylation sites is 2. The Morgan fingerprint density at radius 1 is 0.237 bits per heavy atom. The van der Waals surface area contributed by atoms with Gasteiger partial charge in [-0.3, -0.25) is 0 Å². The van der Waals surface area contributed by atoms with Gasteiger partial charge >= 0.3 is 0 Å². The van der Waals surface area contributed by atoms with Gasteiger partial charge in [0, 0.05) is 62.8 Å². The van der Waals surface area contributed by atoms with Crippen molar-refractivity contribution in [3.63, 3.8) is 0 Å². The summed E-state index contributed by atoms with van der Waals surface area (Å²) in [5.74, 6) is 0. The molecule has 0 unspecified atom stereocenters. The Bertz CT molecular complexity index is 4290. The predicted molar refractivity (Wildman–Crippen MR) is 348 cm³/mol. The summed E-state index contributed by atoms with van der Waals surface area (Å²) in [6, 6.07) is 98.5. The lowest BCUT2D eigenvalue weighted by atomic mass is 9.93. The number of nitrogens with zero attached hydrogens (tertiary/aromatic N) is 2. The summed E-state index contributed by atoms with van der Waals surface area (Å²) < 4.78 is 5.14. The van der Waals surface area contributed by atoms with Crippen LogP contribution in [0.5, 0.6) is 0 Å². The zero-order valence-corrected chi connectivity index (χ0v) is 46.7. The van der Waals surface area contributed by atoms with Crippen LogP contribution in [-0.2, 0) is 0 Å². The van der Waals surface area contributed by atoms with Crippen molar-refractivity contribution in [3.8, 4) is 55.6 Å². The van der Waals surface area contributed by atoms with Gasteiger partial charge in [-0.2, -0.15) is 0 Å². The van der Waals surface area contributed by atoms with Gasteiger partial charge in [0.05, 0.1) is 22.7 Å². The van der Waals surface area contributed by atoms with Crippen molar-refractivity contribution in [2.75, 3.05) is 9.80 Å². The van der Waals surface area contributed by atoms with Gasteiger partial charge in [0.2, 0.25) is 0 Å². The molecule has 12 aromatic carbocycles. The Kier molecular flexibility index (Phi) is 12.5. The average molecular weight is 1060 g/mol. The second kappa shape index (κ2) is 20.5. The lowest BCUT2D eigenvalue weighted by molar-refractivity contribution is 1.21. The van der Waals surface area contributed by atoms with Gasteiger partial charge in [0.1, 0.15) is 0 Å². The van der Waals surface area contributed by atoms with Gasteiger partial charge < -0.3 is 9.80 Å². The van der Waals surface area contributed by atoms with Crippen LogP contribution in [0.3, 0.4) is 0 Å². The van der Waals surface area contributed by atoms with Crippen LogP contribution < -0.4 is 9.80 Å². The number of hydrogen-bond acceptors (Lipinski definition) is 4. The summed E-state index contributed by atoms with van der Waals surface area (Å²) in [4.78, 5) is 5.02. The van der Waals surface area contributed by atoms with Crippen molar-refractivity contribution in [3.05, 3.63) is 289 Å². The van der Waals surface area contributed by atoms with E-state index in [0.29, 0.717) is 0 Å². The minimum Gasteiger partial charge on any atom is -0.309 e. The molecule has 2 heterocycles. The maximum Gasteiger partial charge on any atom is 0.0540 e. The summed E-state index contributed by atoms with van der Waals surface area (Å²) in [6.07, 6.45) is 0. The highest BCUT2D eigenvalue weighted by molar-refractivity contribution is 7.26. The van der Waals surface area contributed by atoms with Crippen LogP contribution in [0.15, 0.2) is 267 Å². The Balaban J connectivity index is 0.908. The Hall–Kier alpha value is -9.32.